The molecule has 8 heteroatoms. The zero-order valence-corrected chi connectivity index (χ0v) is 11.6. The molecular formula is C12H12FN3O3S. The van der Waals surface area contributed by atoms with Crippen molar-refractivity contribution in [2.75, 3.05) is 12.9 Å². The Bertz CT molecular complexity index is 645. The highest BCUT2D eigenvalue weighted by Gasteiger charge is 2.13. The van der Waals surface area contributed by atoms with Gasteiger partial charge in [0.1, 0.15) is 0 Å². The van der Waals surface area contributed by atoms with Gasteiger partial charge >= 0.3 is 5.97 Å². The van der Waals surface area contributed by atoms with E-state index in [9.17, 15) is 9.18 Å². The van der Waals surface area contributed by atoms with Gasteiger partial charge in [-0.05, 0) is 18.2 Å². The Morgan fingerprint density at radius 1 is 1.55 bits per heavy atom. The summed E-state index contributed by atoms with van der Waals surface area (Å²) in [5, 5.41) is 13.2. The molecule has 1 aromatic carbocycles. The molecule has 6 nitrogen and oxygen atoms in total. The average molecular weight is 297 g/mol. The number of ether oxygens (including phenoxy) is 1. The third kappa shape index (κ3) is 3.08. The maximum atomic E-state index is 13.6. The van der Waals surface area contributed by atoms with Crippen LogP contribution in [0, 0.1) is 5.82 Å². The van der Waals surface area contributed by atoms with Crippen LogP contribution in [-0.2, 0) is 11.8 Å². The van der Waals surface area contributed by atoms with Crippen LogP contribution in [-0.4, -0.2) is 38.7 Å². The Labute approximate surface area is 118 Å². The van der Waals surface area contributed by atoms with Gasteiger partial charge in [-0.25, -0.2) is 14.1 Å². The van der Waals surface area contributed by atoms with E-state index >= 15 is 0 Å². The number of aryl methyl sites for hydroxylation is 1. The number of aromatic nitrogens is 3. The van der Waals surface area contributed by atoms with Crippen LogP contribution in [0.25, 0.3) is 11.4 Å². The minimum atomic E-state index is -0.935. The van der Waals surface area contributed by atoms with Crippen molar-refractivity contribution < 1.29 is 19.0 Å². The molecule has 20 heavy (non-hydrogen) atoms. The number of benzene rings is 1. The fourth-order valence-electron chi connectivity index (χ4n) is 1.55. The van der Waals surface area contributed by atoms with Gasteiger partial charge in [0.05, 0.1) is 12.9 Å². The summed E-state index contributed by atoms with van der Waals surface area (Å²) in [5.41, 5.74) is 0.501. The van der Waals surface area contributed by atoms with Crippen LogP contribution in [0.2, 0.25) is 0 Å². The number of nitrogens with zero attached hydrogens (tertiary/aromatic N) is 3. The third-order valence-corrected chi connectivity index (χ3v) is 3.46. The summed E-state index contributed by atoms with van der Waals surface area (Å²) in [7, 11) is 3.04. The standard InChI is InChI=1S/C12H12FN3O3S/c1-16-12(20-6-10(17)18)14-11(15-16)7-3-4-9(19-2)8(13)5-7/h3-5H,6H2,1-2H3,(H,17,18). The summed E-state index contributed by atoms with van der Waals surface area (Å²) in [4.78, 5) is 14.7. The van der Waals surface area contributed by atoms with Gasteiger partial charge in [0.2, 0.25) is 0 Å². The van der Waals surface area contributed by atoms with Crippen LogP contribution in [0.5, 0.6) is 5.75 Å². The van der Waals surface area contributed by atoms with E-state index in [1.807, 2.05) is 0 Å². The van der Waals surface area contributed by atoms with Gasteiger partial charge in [-0.1, -0.05) is 11.8 Å². The van der Waals surface area contributed by atoms with Crippen LogP contribution in [0.3, 0.4) is 0 Å². The van der Waals surface area contributed by atoms with Crippen molar-refractivity contribution in [2.24, 2.45) is 7.05 Å². The van der Waals surface area contributed by atoms with Crippen molar-refractivity contribution in [1.82, 2.24) is 14.8 Å². The summed E-state index contributed by atoms with van der Waals surface area (Å²) in [6, 6.07) is 4.41. The number of hydrogen-bond donors (Lipinski definition) is 1. The zero-order chi connectivity index (χ0) is 14.7. The molecule has 106 valence electrons. The monoisotopic (exact) mass is 297 g/mol. The number of aliphatic carboxylic acids is 1. The average Bonchev–Trinajstić information content (AvgIpc) is 2.77. The van der Waals surface area contributed by atoms with Crippen LogP contribution in [0.15, 0.2) is 23.4 Å². The number of carboxylic acids is 1. The van der Waals surface area contributed by atoms with E-state index < -0.39 is 11.8 Å². The second kappa shape index (κ2) is 5.91. The number of carboxylic acid groups (broad SMARTS) is 1. The van der Waals surface area contributed by atoms with E-state index in [-0.39, 0.29) is 11.5 Å². The Morgan fingerprint density at radius 3 is 2.90 bits per heavy atom. The highest BCUT2D eigenvalue weighted by Crippen LogP contribution is 2.25. The summed E-state index contributed by atoms with van der Waals surface area (Å²) >= 11 is 1.05. The van der Waals surface area contributed by atoms with E-state index in [0.29, 0.717) is 16.5 Å². The first-order valence-electron chi connectivity index (χ1n) is 5.61. The van der Waals surface area contributed by atoms with Crippen LogP contribution in [0.1, 0.15) is 0 Å². The van der Waals surface area contributed by atoms with Crippen LogP contribution >= 0.6 is 11.8 Å². The molecule has 0 radical (unpaired) electrons. The molecule has 0 aliphatic rings. The first-order chi connectivity index (χ1) is 9.51. The lowest BCUT2D eigenvalue weighted by Crippen LogP contribution is -2.00. The van der Waals surface area contributed by atoms with Gasteiger partial charge in [0.25, 0.3) is 0 Å². The highest BCUT2D eigenvalue weighted by atomic mass is 32.2. The normalized spacial score (nSPS) is 10.6. The predicted octanol–water partition coefficient (Wildman–Crippen LogP) is 1.81. The minimum Gasteiger partial charge on any atom is -0.494 e. The molecule has 0 saturated heterocycles. The number of carbonyl (C=O) groups is 1. The van der Waals surface area contributed by atoms with Crippen LogP contribution < -0.4 is 4.74 Å². The maximum Gasteiger partial charge on any atom is 0.313 e. The number of hydrogen-bond acceptors (Lipinski definition) is 5. The van der Waals surface area contributed by atoms with Gasteiger partial charge in [-0.2, -0.15) is 5.10 Å². The van der Waals surface area contributed by atoms with E-state index in [1.165, 1.54) is 23.9 Å². The van der Waals surface area contributed by atoms with Crippen molar-refractivity contribution in [2.45, 2.75) is 5.16 Å². The Morgan fingerprint density at radius 2 is 2.30 bits per heavy atom. The summed E-state index contributed by atoms with van der Waals surface area (Å²) in [6.07, 6.45) is 0. The van der Waals surface area contributed by atoms with E-state index in [2.05, 4.69) is 10.1 Å². The number of thioether (sulfide) groups is 1. The fourth-order valence-corrected chi connectivity index (χ4v) is 2.18. The lowest BCUT2D eigenvalue weighted by molar-refractivity contribution is -0.133. The molecule has 0 aliphatic heterocycles. The smallest absolute Gasteiger partial charge is 0.313 e. The summed E-state index contributed by atoms with van der Waals surface area (Å²) in [5.74, 6) is -1.07. The molecule has 0 fully saturated rings. The fraction of sp³-hybridized carbons (Fsp3) is 0.250. The first-order valence-corrected chi connectivity index (χ1v) is 6.59. The molecule has 0 bridgehead atoms. The van der Waals surface area contributed by atoms with E-state index in [0.717, 1.165) is 11.8 Å². The molecule has 1 heterocycles. The maximum absolute atomic E-state index is 13.6. The molecule has 2 rings (SSSR count). The first kappa shape index (κ1) is 14.3. The van der Waals surface area contributed by atoms with Gasteiger partial charge in [0, 0.05) is 12.6 Å². The number of rotatable bonds is 5. The van der Waals surface area contributed by atoms with Crippen molar-refractivity contribution in [3.05, 3.63) is 24.0 Å². The Balaban J connectivity index is 2.27. The van der Waals surface area contributed by atoms with Gasteiger partial charge in [0.15, 0.2) is 22.5 Å². The predicted molar refractivity (Wildman–Crippen MR) is 71.3 cm³/mol. The van der Waals surface area contributed by atoms with Gasteiger partial charge < -0.3 is 9.84 Å². The van der Waals surface area contributed by atoms with E-state index in [4.69, 9.17) is 9.84 Å². The molecule has 0 spiro atoms. The third-order valence-electron chi connectivity index (χ3n) is 2.46. The second-order valence-electron chi connectivity index (χ2n) is 3.87. The summed E-state index contributed by atoms with van der Waals surface area (Å²) < 4.78 is 19.9. The highest BCUT2D eigenvalue weighted by molar-refractivity contribution is 7.99. The molecule has 0 saturated carbocycles. The molecule has 1 aromatic heterocycles. The molecule has 0 atom stereocenters. The SMILES string of the molecule is COc1ccc(-c2nc(SCC(=O)O)n(C)n2)cc1F. The minimum absolute atomic E-state index is 0.108. The second-order valence-corrected chi connectivity index (χ2v) is 4.82. The molecule has 0 unspecified atom stereocenters. The summed E-state index contributed by atoms with van der Waals surface area (Å²) in [6.45, 7) is 0. The van der Waals surface area contributed by atoms with Crippen molar-refractivity contribution in [3.8, 4) is 17.1 Å². The largest absolute Gasteiger partial charge is 0.494 e. The molecule has 2 aromatic rings. The van der Waals surface area contributed by atoms with Crippen molar-refractivity contribution >= 4 is 17.7 Å². The van der Waals surface area contributed by atoms with Crippen LogP contribution in [0.4, 0.5) is 4.39 Å². The van der Waals surface area contributed by atoms with E-state index in [1.54, 1.807) is 13.1 Å². The molecule has 0 aliphatic carbocycles. The Kier molecular flexibility index (Phi) is 4.23. The van der Waals surface area contributed by atoms with Crippen molar-refractivity contribution in [3.63, 3.8) is 0 Å². The lowest BCUT2D eigenvalue weighted by Gasteiger charge is -2.02. The Hall–Kier alpha value is -2.09. The quantitative estimate of drug-likeness (QED) is 0.848. The van der Waals surface area contributed by atoms with Gasteiger partial charge in [-0.15, -0.1) is 0 Å². The number of halogens is 1. The molecule has 1 N–H and O–H groups in total. The van der Waals surface area contributed by atoms with Crippen molar-refractivity contribution in [1.29, 1.82) is 0 Å². The van der Waals surface area contributed by atoms with Gasteiger partial charge in [-0.3, -0.25) is 4.79 Å². The topological polar surface area (TPSA) is 77.2 Å². The molecular weight excluding hydrogens is 285 g/mol. The molecule has 0 amide bonds. The zero-order valence-electron chi connectivity index (χ0n) is 10.8. The number of methoxy groups -OCH3 is 1. The lowest BCUT2D eigenvalue weighted by atomic mass is 10.2.